The van der Waals surface area contributed by atoms with Gasteiger partial charge in [0.25, 0.3) is 17.4 Å². The van der Waals surface area contributed by atoms with E-state index >= 15 is 0 Å². The Hall–Kier alpha value is -4.92. The van der Waals surface area contributed by atoms with Crippen LogP contribution in [0.25, 0.3) is 16.8 Å². The SMILES string of the molecule is O=C(/C=C/c1ccc2c(c1)OCO2)NNC(=O)c1nn(Cc2ccccc2)c(=O)c2ccccc12. The smallest absolute Gasteiger partial charge is 0.290 e. The van der Waals surface area contributed by atoms with Gasteiger partial charge < -0.3 is 9.47 Å². The molecule has 1 aliphatic heterocycles. The van der Waals surface area contributed by atoms with Crippen LogP contribution in [0.2, 0.25) is 0 Å². The fourth-order valence-electron chi connectivity index (χ4n) is 3.67. The first-order valence-corrected chi connectivity index (χ1v) is 10.8. The number of rotatable bonds is 5. The van der Waals surface area contributed by atoms with E-state index in [0.29, 0.717) is 22.3 Å². The van der Waals surface area contributed by atoms with E-state index in [0.717, 1.165) is 11.1 Å². The predicted octanol–water partition coefficient (Wildman–Crippen LogP) is 2.65. The maximum Gasteiger partial charge on any atom is 0.290 e. The second kappa shape index (κ2) is 9.52. The minimum atomic E-state index is -0.646. The van der Waals surface area contributed by atoms with Crippen LogP contribution in [0.4, 0.5) is 0 Å². The van der Waals surface area contributed by atoms with Crippen molar-refractivity contribution in [2.75, 3.05) is 6.79 Å². The van der Waals surface area contributed by atoms with Gasteiger partial charge in [0.15, 0.2) is 17.2 Å². The number of nitrogens with zero attached hydrogens (tertiary/aromatic N) is 2. The van der Waals surface area contributed by atoms with Gasteiger partial charge >= 0.3 is 0 Å². The normalized spacial score (nSPS) is 12.1. The fraction of sp³-hybridized carbons (Fsp3) is 0.0769. The van der Waals surface area contributed by atoms with Crippen molar-refractivity contribution in [1.29, 1.82) is 0 Å². The van der Waals surface area contributed by atoms with Gasteiger partial charge in [-0.1, -0.05) is 54.6 Å². The first-order chi connectivity index (χ1) is 17.1. The van der Waals surface area contributed by atoms with Crippen molar-refractivity contribution in [3.8, 4) is 11.5 Å². The van der Waals surface area contributed by atoms with Gasteiger partial charge in [0, 0.05) is 11.5 Å². The third-order valence-corrected chi connectivity index (χ3v) is 5.38. The van der Waals surface area contributed by atoms with E-state index in [4.69, 9.17) is 9.47 Å². The van der Waals surface area contributed by atoms with Crippen LogP contribution >= 0.6 is 0 Å². The number of hydrogen-bond acceptors (Lipinski definition) is 6. The molecule has 0 spiro atoms. The molecule has 2 amide bonds. The summed E-state index contributed by atoms with van der Waals surface area (Å²) in [4.78, 5) is 38.1. The highest BCUT2D eigenvalue weighted by atomic mass is 16.7. The zero-order valence-corrected chi connectivity index (χ0v) is 18.4. The Kier molecular flexibility index (Phi) is 5.96. The number of nitrogens with one attached hydrogen (secondary N) is 2. The second-order valence-corrected chi connectivity index (χ2v) is 7.73. The summed E-state index contributed by atoms with van der Waals surface area (Å²) in [6.07, 6.45) is 2.86. The zero-order valence-electron chi connectivity index (χ0n) is 18.4. The highest BCUT2D eigenvalue weighted by molar-refractivity contribution is 6.05. The number of amides is 2. The van der Waals surface area contributed by atoms with Crippen LogP contribution in [0.15, 0.2) is 83.7 Å². The van der Waals surface area contributed by atoms with E-state index in [9.17, 15) is 14.4 Å². The van der Waals surface area contributed by atoms with Gasteiger partial charge in [0.05, 0.1) is 11.9 Å². The Bertz CT molecular complexity index is 1510. The van der Waals surface area contributed by atoms with E-state index in [1.807, 2.05) is 30.3 Å². The first-order valence-electron chi connectivity index (χ1n) is 10.8. The van der Waals surface area contributed by atoms with Gasteiger partial charge in [-0.25, -0.2) is 4.68 Å². The maximum atomic E-state index is 12.9. The molecule has 0 saturated carbocycles. The van der Waals surface area contributed by atoms with Gasteiger partial charge in [0.1, 0.15) is 0 Å². The number of carbonyl (C=O) groups is 2. The Balaban J connectivity index is 1.33. The van der Waals surface area contributed by atoms with Crippen LogP contribution in [0, 0.1) is 0 Å². The molecule has 9 nitrogen and oxygen atoms in total. The van der Waals surface area contributed by atoms with Crippen LogP contribution in [-0.2, 0) is 11.3 Å². The number of aromatic nitrogens is 2. The summed E-state index contributed by atoms with van der Waals surface area (Å²) in [5.74, 6) is 0.0578. The molecule has 5 rings (SSSR count). The molecule has 35 heavy (non-hydrogen) atoms. The van der Waals surface area contributed by atoms with Crippen LogP contribution in [0.1, 0.15) is 21.6 Å². The molecule has 0 radical (unpaired) electrons. The number of carbonyl (C=O) groups excluding carboxylic acids is 2. The van der Waals surface area contributed by atoms with Crippen molar-refractivity contribution in [2.24, 2.45) is 0 Å². The van der Waals surface area contributed by atoms with E-state index in [-0.39, 0.29) is 24.6 Å². The minimum absolute atomic E-state index is 0.0242. The summed E-state index contributed by atoms with van der Waals surface area (Å²) in [5, 5.41) is 5.05. The lowest BCUT2D eigenvalue weighted by atomic mass is 10.1. The Morgan fingerprint density at radius 3 is 2.49 bits per heavy atom. The molecule has 0 unspecified atom stereocenters. The Morgan fingerprint density at radius 2 is 1.66 bits per heavy atom. The molecule has 174 valence electrons. The molecule has 1 aromatic heterocycles. The van der Waals surface area contributed by atoms with E-state index in [2.05, 4.69) is 16.0 Å². The Morgan fingerprint density at radius 1 is 0.914 bits per heavy atom. The van der Waals surface area contributed by atoms with Crippen molar-refractivity contribution in [3.05, 3.63) is 106 Å². The molecule has 0 bridgehead atoms. The maximum absolute atomic E-state index is 12.9. The lowest BCUT2D eigenvalue weighted by Gasteiger charge is -2.11. The summed E-state index contributed by atoms with van der Waals surface area (Å²) < 4.78 is 11.8. The fourth-order valence-corrected chi connectivity index (χ4v) is 3.67. The van der Waals surface area contributed by atoms with Gasteiger partial charge in [-0.2, -0.15) is 5.10 Å². The summed E-state index contributed by atoms with van der Waals surface area (Å²) in [7, 11) is 0. The Labute approximate surface area is 199 Å². The molecule has 4 aromatic rings. The summed E-state index contributed by atoms with van der Waals surface area (Å²) in [6.45, 7) is 0.367. The highest BCUT2D eigenvalue weighted by Gasteiger charge is 2.17. The summed E-state index contributed by atoms with van der Waals surface area (Å²) in [6, 6.07) is 21.4. The van der Waals surface area contributed by atoms with Crippen LogP contribution in [0.3, 0.4) is 0 Å². The van der Waals surface area contributed by atoms with E-state index in [1.54, 1.807) is 48.5 Å². The number of hydrogen-bond donors (Lipinski definition) is 2. The second-order valence-electron chi connectivity index (χ2n) is 7.73. The van der Waals surface area contributed by atoms with Gasteiger partial charge in [-0.3, -0.25) is 25.2 Å². The van der Waals surface area contributed by atoms with Gasteiger partial charge in [-0.05, 0) is 35.4 Å². The lowest BCUT2D eigenvalue weighted by molar-refractivity contribution is -0.117. The molecule has 0 fully saturated rings. The van der Waals surface area contributed by atoms with Crippen LogP contribution in [0.5, 0.6) is 11.5 Å². The zero-order chi connectivity index (χ0) is 24.2. The monoisotopic (exact) mass is 468 g/mol. The largest absolute Gasteiger partial charge is 0.454 e. The third kappa shape index (κ3) is 4.74. The summed E-state index contributed by atoms with van der Waals surface area (Å²) in [5.41, 5.74) is 6.03. The van der Waals surface area contributed by atoms with Crippen LogP contribution < -0.4 is 25.9 Å². The average Bonchev–Trinajstić information content (AvgIpc) is 3.36. The molecule has 0 atom stereocenters. The molecular formula is C26H20N4O5. The number of hydrazine groups is 1. The third-order valence-electron chi connectivity index (χ3n) is 5.38. The van der Waals surface area contributed by atoms with Crippen molar-refractivity contribution in [2.45, 2.75) is 6.54 Å². The summed E-state index contributed by atoms with van der Waals surface area (Å²) >= 11 is 0. The molecule has 9 heteroatoms. The van der Waals surface area contributed by atoms with Crippen molar-refractivity contribution < 1.29 is 19.1 Å². The number of ether oxygens (including phenoxy) is 2. The highest BCUT2D eigenvalue weighted by Crippen LogP contribution is 2.32. The lowest BCUT2D eigenvalue weighted by Crippen LogP contribution is -2.42. The molecule has 0 saturated heterocycles. The van der Waals surface area contributed by atoms with Crippen molar-refractivity contribution in [1.82, 2.24) is 20.6 Å². The molecular weight excluding hydrogens is 448 g/mol. The quantitative estimate of drug-likeness (QED) is 0.344. The topological polar surface area (TPSA) is 112 Å². The molecule has 2 N–H and O–H groups in total. The average molecular weight is 468 g/mol. The predicted molar refractivity (Wildman–Crippen MR) is 129 cm³/mol. The molecule has 1 aliphatic rings. The standard InChI is InChI=1S/C26H20N4O5/c31-23(13-11-17-10-12-21-22(14-17)35-16-34-21)27-28-25(32)24-19-8-4-5-9-20(19)26(33)30(29-24)15-18-6-2-1-3-7-18/h1-14H,15-16H2,(H,27,31)(H,28,32)/b13-11+. The van der Waals surface area contributed by atoms with Crippen LogP contribution in [-0.4, -0.2) is 28.4 Å². The molecule has 3 aromatic carbocycles. The van der Waals surface area contributed by atoms with Crippen molar-refractivity contribution >= 4 is 28.7 Å². The van der Waals surface area contributed by atoms with E-state index in [1.165, 1.54) is 10.8 Å². The minimum Gasteiger partial charge on any atom is -0.454 e. The van der Waals surface area contributed by atoms with Crippen molar-refractivity contribution in [3.63, 3.8) is 0 Å². The number of fused-ring (bicyclic) bond motifs is 2. The van der Waals surface area contributed by atoms with Gasteiger partial charge in [0.2, 0.25) is 6.79 Å². The van der Waals surface area contributed by atoms with E-state index < -0.39 is 11.8 Å². The number of benzene rings is 3. The van der Waals surface area contributed by atoms with Gasteiger partial charge in [-0.15, -0.1) is 0 Å². The molecule has 0 aliphatic carbocycles. The molecule has 2 heterocycles. The first kappa shape index (κ1) is 21.9.